The standard InChI is InChI=1S/C23H26N4O4/c1-14(2)13-24-22(28)21-17(5)23(26(25-21)18-8-6-15(3)7-9-18)31-19-10-11-20(27(29)30)16(4)12-19/h6-12,14H,13H2,1-5H3,(H,24,28). The number of hydrogen-bond donors (Lipinski definition) is 1. The number of carbonyl (C=O) groups is 1. The summed E-state index contributed by atoms with van der Waals surface area (Å²) in [7, 11) is 0. The van der Waals surface area contributed by atoms with E-state index in [-0.39, 0.29) is 17.3 Å². The number of rotatable bonds is 7. The van der Waals surface area contributed by atoms with Crippen molar-refractivity contribution in [2.45, 2.75) is 34.6 Å². The third kappa shape index (κ3) is 4.91. The topological polar surface area (TPSA) is 99.3 Å². The molecule has 0 radical (unpaired) electrons. The molecular weight excluding hydrogens is 396 g/mol. The molecule has 162 valence electrons. The highest BCUT2D eigenvalue weighted by atomic mass is 16.6. The maximum Gasteiger partial charge on any atom is 0.272 e. The van der Waals surface area contributed by atoms with E-state index in [1.165, 1.54) is 12.1 Å². The van der Waals surface area contributed by atoms with Crippen LogP contribution in [0.4, 0.5) is 5.69 Å². The molecule has 8 nitrogen and oxygen atoms in total. The Balaban J connectivity index is 2.04. The molecule has 0 unspecified atom stereocenters. The second-order valence-corrected chi connectivity index (χ2v) is 7.94. The van der Waals surface area contributed by atoms with Gasteiger partial charge >= 0.3 is 0 Å². The lowest BCUT2D eigenvalue weighted by Crippen LogP contribution is -2.28. The minimum absolute atomic E-state index is 0.0184. The molecule has 3 rings (SSSR count). The van der Waals surface area contributed by atoms with Gasteiger partial charge in [-0.3, -0.25) is 14.9 Å². The van der Waals surface area contributed by atoms with Crippen LogP contribution in [0.3, 0.4) is 0 Å². The van der Waals surface area contributed by atoms with Crippen molar-refractivity contribution < 1.29 is 14.5 Å². The molecule has 1 N–H and O–H groups in total. The van der Waals surface area contributed by atoms with Crippen molar-refractivity contribution in [1.29, 1.82) is 0 Å². The Morgan fingerprint density at radius 3 is 2.42 bits per heavy atom. The van der Waals surface area contributed by atoms with Crippen molar-refractivity contribution in [3.63, 3.8) is 0 Å². The molecule has 31 heavy (non-hydrogen) atoms. The molecule has 0 aliphatic heterocycles. The van der Waals surface area contributed by atoms with Gasteiger partial charge in [0.1, 0.15) is 5.75 Å². The van der Waals surface area contributed by atoms with E-state index >= 15 is 0 Å². The summed E-state index contributed by atoms with van der Waals surface area (Å²) in [5.41, 5.74) is 3.19. The maximum atomic E-state index is 12.7. The van der Waals surface area contributed by atoms with Gasteiger partial charge in [0.15, 0.2) is 5.69 Å². The Hall–Kier alpha value is -3.68. The number of aromatic nitrogens is 2. The van der Waals surface area contributed by atoms with Gasteiger partial charge in [-0.05, 0) is 51.0 Å². The summed E-state index contributed by atoms with van der Waals surface area (Å²) < 4.78 is 7.67. The molecular formula is C23H26N4O4. The second kappa shape index (κ2) is 8.99. The predicted octanol–water partition coefficient (Wildman–Crippen LogP) is 4.88. The fourth-order valence-corrected chi connectivity index (χ4v) is 3.07. The molecule has 0 spiro atoms. The van der Waals surface area contributed by atoms with Gasteiger partial charge in [0, 0.05) is 23.7 Å². The van der Waals surface area contributed by atoms with Gasteiger partial charge in [-0.15, -0.1) is 0 Å². The van der Waals surface area contributed by atoms with E-state index in [9.17, 15) is 14.9 Å². The number of aryl methyl sites for hydroxylation is 2. The summed E-state index contributed by atoms with van der Waals surface area (Å²) in [5, 5.41) is 18.5. The quantitative estimate of drug-likeness (QED) is 0.432. The first-order valence-electron chi connectivity index (χ1n) is 10.0. The molecule has 3 aromatic rings. The molecule has 2 aromatic carbocycles. The largest absolute Gasteiger partial charge is 0.439 e. The number of ether oxygens (including phenoxy) is 1. The zero-order valence-corrected chi connectivity index (χ0v) is 18.3. The Morgan fingerprint density at radius 1 is 1.16 bits per heavy atom. The first-order chi connectivity index (χ1) is 14.7. The number of nitro groups is 1. The summed E-state index contributed by atoms with van der Waals surface area (Å²) in [5.74, 6) is 0.837. The van der Waals surface area contributed by atoms with Gasteiger partial charge in [0.2, 0.25) is 5.88 Å². The van der Waals surface area contributed by atoms with Gasteiger partial charge in [-0.25, -0.2) is 0 Å². The molecule has 0 aliphatic carbocycles. The van der Waals surface area contributed by atoms with Crippen LogP contribution in [0.15, 0.2) is 42.5 Å². The number of hydrogen-bond acceptors (Lipinski definition) is 5. The van der Waals surface area contributed by atoms with Crippen LogP contribution in [0, 0.1) is 36.8 Å². The zero-order valence-electron chi connectivity index (χ0n) is 18.3. The molecule has 1 heterocycles. The van der Waals surface area contributed by atoms with Crippen molar-refractivity contribution in [2.24, 2.45) is 5.92 Å². The van der Waals surface area contributed by atoms with Gasteiger partial charge in [0.05, 0.1) is 10.6 Å². The van der Waals surface area contributed by atoms with E-state index in [1.807, 2.05) is 45.0 Å². The van der Waals surface area contributed by atoms with E-state index in [0.29, 0.717) is 35.2 Å². The van der Waals surface area contributed by atoms with Crippen LogP contribution in [0.25, 0.3) is 5.69 Å². The molecule has 1 aromatic heterocycles. The molecule has 8 heteroatoms. The van der Waals surface area contributed by atoms with Crippen LogP contribution in [0.2, 0.25) is 0 Å². The molecule has 0 bridgehead atoms. The zero-order chi connectivity index (χ0) is 22.7. The summed E-state index contributed by atoms with van der Waals surface area (Å²) in [6, 6.07) is 12.2. The average molecular weight is 422 g/mol. The summed E-state index contributed by atoms with van der Waals surface area (Å²) in [6.07, 6.45) is 0. The number of benzene rings is 2. The third-order valence-corrected chi connectivity index (χ3v) is 4.81. The smallest absolute Gasteiger partial charge is 0.272 e. The molecule has 1 amide bonds. The molecule has 0 saturated carbocycles. The van der Waals surface area contributed by atoms with Gasteiger partial charge in [-0.1, -0.05) is 31.5 Å². The van der Waals surface area contributed by atoms with Gasteiger partial charge < -0.3 is 10.1 Å². The fraction of sp³-hybridized carbons (Fsp3) is 0.304. The van der Waals surface area contributed by atoms with E-state index in [0.717, 1.165) is 11.3 Å². The van der Waals surface area contributed by atoms with Gasteiger partial charge in [0.25, 0.3) is 11.6 Å². The van der Waals surface area contributed by atoms with Crippen LogP contribution in [0.5, 0.6) is 11.6 Å². The minimum atomic E-state index is -0.432. The van der Waals surface area contributed by atoms with Crippen molar-refractivity contribution in [3.05, 3.63) is 75.0 Å². The second-order valence-electron chi connectivity index (χ2n) is 7.94. The van der Waals surface area contributed by atoms with Crippen LogP contribution in [-0.4, -0.2) is 27.2 Å². The monoisotopic (exact) mass is 422 g/mol. The lowest BCUT2D eigenvalue weighted by atomic mass is 10.2. The number of amides is 1. The first kappa shape index (κ1) is 22.0. The highest BCUT2D eigenvalue weighted by molar-refractivity contribution is 5.94. The highest BCUT2D eigenvalue weighted by Crippen LogP contribution is 2.32. The molecule has 0 aliphatic rings. The van der Waals surface area contributed by atoms with Crippen LogP contribution in [-0.2, 0) is 0 Å². The Morgan fingerprint density at radius 2 is 1.84 bits per heavy atom. The van der Waals surface area contributed by atoms with Crippen molar-refractivity contribution in [3.8, 4) is 17.3 Å². The lowest BCUT2D eigenvalue weighted by Gasteiger charge is -2.11. The Kier molecular flexibility index (Phi) is 6.39. The van der Waals surface area contributed by atoms with E-state index < -0.39 is 4.92 Å². The summed E-state index contributed by atoms with van der Waals surface area (Å²) in [6.45, 7) is 9.98. The number of nitro benzene ring substituents is 1. The van der Waals surface area contributed by atoms with Crippen LogP contribution < -0.4 is 10.1 Å². The fourth-order valence-electron chi connectivity index (χ4n) is 3.07. The van der Waals surface area contributed by atoms with Crippen LogP contribution in [0.1, 0.15) is 41.0 Å². The van der Waals surface area contributed by atoms with Gasteiger partial charge in [-0.2, -0.15) is 9.78 Å². The summed E-state index contributed by atoms with van der Waals surface area (Å²) in [4.78, 5) is 23.4. The summed E-state index contributed by atoms with van der Waals surface area (Å²) >= 11 is 0. The third-order valence-electron chi connectivity index (χ3n) is 4.81. The van der Waals surface area contributed by atoms with Crippen molar-refractivity contribution in [2.75, 3.05) is 6.54 Å². The maximum absolute atomic E-state index is 12.7. The first-order valence-corrected chi connectivity index (χ1v) is 10.0. The number of nitrogens with one attached hydrogen (secondary N) is 1. The van der Waals surface area contributed by atoms with Crippen LogP contribution >= 0.6 is 0 Å². The highest BCUT2D eigenvalue weighted by Gasteiger charge is 2.23. The number of nitrogens with zero attached hydrogens (tertiary/aromatic N) is 3. The Bertz CT molecular complexity index is 1120. The van der Waals surface area contributed by atoms with E-state index in [2.05, 4.69) is 10.4 Å². The predicted molar refractivity (Wildman–Crippen MR) is 118 cm³/mol. The molecule has 0 fully saturated rings. The van der Waals surface area contributed by atoms with E-state index in [4.69, 9.17) is 4.74 Å². The normalized spacial score (nSPS) is 10.9. The van der Waals surface area contributed by atoms with E-state index in [1.54, 1.807) is 24.6 Å². The van der Waals surface area contributed by atoms with Crippen molar-refractivity contribution >= 4 is 11.6 Å². The van der Waals surface area contributed by atoms with Crippen molar-refractivity contribution in [1.82, 2.24) is 15.1 Å². The molecule has 0 atom stereocenters. The Labute approximate surface area is 181 Å². The lowest BCUT2D eigenvalue weighted by molar-refractivity contribution is -0.385. The average Bonchev–Trinajstić information content (AvgIpc) is 3.03. The molecule has 0 saturated heterocycles. The number of carbonyl (C=O) groups excluding carboxylic acids is 1. The SMILES string of the molecule is Cc1ccc(-n2nc(C(=O)NCC(C)C)c(C)c2Oc2ccc([N+](=O)[O-])c(C)c2)cc1. The minimum Gasteiger partial charge on any atom is -0.439 e.